The van der Waals surface area contributed by atoms with Gasteiger partial charge in [0.15, 0.2) is 0 Å². The molecule has 130 valence electrons. The number of benzene rings is 2. The second-order valence-corrected chi connectivity index (χ2v) is 8.53. The van der Waals surface area contributed by atoms with Gasteiger partial charge in [-0.1, -0.05) is 49.2 Å². The standard InChI is InChI=1S/C19H26N2O2S/c20-13-12-15-8-10-16(11-9-15)14-21-24(22,23)19-7-3-5-17-4-1-2-6-18(17)19/h1-7,15-16,21H,8-14,20H2. The summed E-state index contributed by atoms with van der Waals surface area (Å²) in [6, 6.07) is 13.0. The molecule has 0 atom stereocenters. The summed E-state index contributed by atoms with van der Waals surface area (Å²) in [5.74, 6) is 1.16. The van der Waals surface area contributed by atoms with E-state index in [1.807, 2.05) is 30.3 Å². The number of nitrogens with two attached hydrogens (primary N) is 1. The lowest BCUT2D eigenvalue weighted by atomic mass is 9.81. The molecule has 24 heavy (non-hydrogen) atoms. The predicted octanol–water partition coefficient (Wildman–Crippen LogP) is 3.27. The molecule has 0 aliphatic heterocycles. The molecular formula is C19H26N2O2S. The van der Waals surface area contributed by atoms with Crippen LogP contribution in [0.5, 0.6) is 0 Å². The van der Waals surface area contributed by atoms with Crippen molar-refractivity contribution < 1.29 is 8.42 Å². The van der Waals surface area contributed by atoms with Gasteiger partial charge in [-0.25, -0.2) is 13.1 Å². The zero-order chi connectivity index (χ0) is 17.0. The fourth-order valence-electron chi connectivity index (χ4n) is 3.70. The van der Waals surface area contributed by atoms with Crippen LogP contribution in [0.2, 0.25) is 0 Å². The van der Waals surface area contributed by atoms with Crippen LogP contribution in [0.4, 0.5) is 0 Å². The van der Waals surface area contributed by atoms with E-state index in [1.54, 1.807) is 12.1 Å². The van der Waals surface area contributed by atoms with Crippen LogP contribution >= 0.6 is 0 Å². The molecule has 0 saturated heterocycles. The molecule has 5 heteroatoms. The van der Waals surface area contributed by atoms with Gasteiger partial charge in [-0.05, 0) is 49.1 Å². The van der Waals surface area contributed by atoms with Crippen molar-refractivity contribution in [3.05, 3.63) is 42.5 Å². The Kier molecular flexibility index (Phi) is 5.54. The van der Waals surface area contributed by atoms with E-state index in [-0.39, 0.29) is 0 Å². The summed E-state index contributed by atoms with van der Waals surface area (Å²) in [5.41, 5.74) is 5.63. The number of hydrogen-bond acceptors (Lipinski definition) is 3. The van der Waals surface area contributed by atoms with Gasteiger partial charge < -0.3 is 5.73 Å². The second kappa shape index (κ2) is 7.64. The Hall–Kier alpha value is -1.43. The predicted molar refractivity (Wildman–Crippen MR) is 98.3 cm³/mol. The molecule has 1 fully saturated rings. The highest BCUT2D eigenvalue weighted by Crippen LogP contribution is 2.30. The van der Waals surface area contributed by atoms with Gasteiger partial charge in [-0.2, -0.15) is 0 Å². The minimum absolute atomic E-state index is 0.373. The quantitative estimate of drug-likeness (QED) is 0.843. The highest BCUT2D eigenvalue weighted by molar-refractivity contribution is 7.89. The van der Waals surface area contributed by atoms with Gasteiger partial charge in [0.05, 0.1) is 4.90 Å². The Bertz CT molecular complexity index is 776. The van der Waals surface area contributed by atoms with Crippen molar-refractivity contribution in [3.8, 4) is 0 Å². The topological polar surface area (TPSA) is 72.2 Å². The van der Waals surface area contributed by atoms with Crippen molar-refractivity contribution in [1.29, 1.82) is 0 Å². The first-order valence-corrected chi connectivity index (χ1v) is 10.3. The highest BCUT2D eigenvalue weighted by atomic mass is 32.2. The first-order chi connectivity index (χ1) is 11.6. The molecular weight excluding hydrogens is 320 g/mol. The molecule has 0 heterocycles. The Labute approximate surface area is 144 Å². The van der Waals surface area contributed by atoms with Crippen molar-refractivity contribution >= 4 is 20.8 Å². The van der Waals surface area contributed by atoms with E-state index in [0.717, 1.165) is 55.3 Å². The van der Waals surface area contributed by atoms with Gasteiger partial charge in [-0.3, -0.25) is 0 Å². The average molecular weight is 346 g/mol. The lowest BCUT2D eigenvalue weighted by molar-refractivity contribution is 0.266. The van der Waals surface area contributed by atoms with Crippen molar-refractivity contribution in [2.45, 2.75) is 37.0 Å². The molecule has 0 unspecified atom stereocenters. The van der Waals surface area contributed by atoms with Crippen molar-refractivity contribution in [1.82, 2.24) is 4.72 Å². The van der Waals surface area contributed by atoms with Crippen LogP contribution in [0, 0.1) is 11.8 Å². The van der Waals surface area contributed by atoms with Gasteiger partial charge in [0.1, 0.15) is 0 Å². The van der Waals surface area contributed by atoms with Crippen molar-refractivity contribution in [2.75, 3.05) is 13.1 Å². The maximum Gasteiger partial charge on any atom is 0.241 e. The maximum absolute atomic E-state index is 12.7. The van der Waals surface area contributed by atoms with E-state index in [1.165, 1.54) is 0 Å². The SMILES string of the molecule is NCCC1CCC(CNS(=O)(=O)c2cccc3ccccc23)CC1. The lowest BCUT2D eigenvalue weighted by Crippen LogP contribution is -2.31. The van der Waals surface area contributed by atoms with Crippen LogP contribution in [-0.4, -0.2) is 21.5 Å². The molecule has 2 aromatic carbocycles. The average Bonchev–Trinajstić information content (AvgIpc) is 2.61. The molecule has 0 spiro atoms. The second-order valence-electron chi connectivity index (χ2n) is 6.79. The summed E-state index contributed by atoms with van der Waals surface area (Å²) in [6.07, 6.45) is 5.59. The molecule has 3 rings (SSSR count). The fraction of sp³-hybridized carbons (Fsp3) is 0.474. The summed E-state index contributed by atoms with van der Waals surface area (Å²) < 4.78 is 28.3. The zero-order valence-electron chi connectivity index (χ0n) is 13.9. The normalized spacial score (nSPS) is 21.9. The minimum Gasteiger partial charge on any atom is -0.330 e. The van der Waals surface area contributed by atoms with E-state index in [4.69, 9.17) is 5.73 Å². The van der Waals surface area contributed by atoms with Crippen LogP contribution in [0.25, 0.3) is 10.8 Å². The first-order valence-electron chi connectivity index (χ1n) is 8.77. The molecule has 1 aliphatic carbocycles. The van der Waals surface area contributed by atoms with Crippen LogP contribution < -0.4 is 10.5 Å². The summed E-state index contributed by atoms with van der Waals surface area (Å²) in [6.45, 7) is 1.28. The van der Waals surface area contributed by atoms with E-state index in [2.05, 4.69) is 4.72 Å². The van der Waals surface area contributed by atoms with Crippen LogP contribution in [0.1, 0.15) is 32.1 Å². The van der Waals surface area contributed by atoms with E-state index >= 15 is 0 Å². The molecule has 2 aromatic rings. The van der Waals surface area contributed by atoms with Gasteiger partial charge in [-0.15, -0.1) is 0 Å². The summed E-state index contributed by atoms with van der Waals surface area (Å²) in [7, 11) is -3.48. The Balaban J connectivity index is 1.66. The third-order valence-corrected chi connectivity index (χ3v) is 6.62. The molecule has 0 amide bonds. The maximum atomic E-state index is 12.7. The Morgan fingerprint density at radius 2 is 1.62 bits per heavy atom. The first kappa shape index (κ1) is 17.4. The van der Waals surface area contributed by atoms with Crippen LogP contribution in [0.15, 0.2) is 47.4 Å². The monoisotopic (exact) mass is 346 g/mol. The summed E-state index contributed by atoms with van der Waals surface area (Å²) >= 11 is 0. The Morgan fingerprint density at radius 3 is 2.38 bits per heavy atom. The summed E-state index contributed by atoms with van der Waals surface area (Å²) in [4.78, 5) is 0.373. The Morgan fingerprint density at radius 1 is 0.958 bits per heavy atom. The van der Waals surface area contributed by atoms with Gasteiger partial charge in [0.25, 0.3) is 0 Å². The van der Waals surface area contributed by atoms with E-state index in [9.17, 15) is 8.42 Å². The van der Waals surface area contributed by atoms with E-state index in [0.29, 0.717) is 17.4 Å². The lowest BCUT2D eigenvalue weighted by Gasteiger charge is -2.28. The summed E-state index contributed by atoms with van der Waals surface area (Å²) in [5, 5.41) is 1.72. The molecule has 0 radical (unpaired) electrons. The third-order valence-electron chi connectivity index (χ3n) is 5.14. The molecule has 4 nitrogen and oxygen atoms in total. The molecule has 1 aliphatic rings. The van der Waals surface area contributed by atoms with Gasteiger partial charge in [0, 0.05) is 11.9 Å². The number of fused-ring (bicyclic) bond motifs is 1. The highest BCUT2D eigenvalue weighted by Gasteiger charge is 2.23. The van der Waals surface area contributed by atoms with Gasteiger partial charge >= 0.3 is 0 Å². The fourth-order valence-corrected chi connectivity index (χ4v) is 5.04. The zero-order valence-corrected chi connectivity index (χ0v) is 14.8. The van der Waals surface area contributed by atoms with Crippen LogP contribution in [0.3, 0.4) is 0 Å². The van der Waals surface area contributed by atoms with Crippen molar-refractivity contribution in [3.63, 3.8) is 0 Å². The number of hydrogen-bond donors (Lipinski definition) is 2. The molecule has 1 saturated carbocycles. The number of rotatable bonds is 6. The minimum atomic E-state index is -3.48. The van der Waals surface area contributed by atoms with E-state index < -0.39 is 10.0 Å². The smallest absolute Gasteiger partial charge is 0.241 e. The van der Waals surface area contributed by atoms with Gasteiger partial charge in [0.2, 0.25) is 10.0 Å². The molecule has 0 bridgehead atoms. The third kappa shape index (κ3) is 3.97. The molecule has 3 N–H and O–H groups in total. The van der Waals surface area contributed by atoms with Crippen molar-refractivity contribution in [2.24, 2.45) is 17.6 Å². The number of sulfonamides is 1. The number of nitrogens with one attached hydrogen (secondary N) is 1. The largest absolute Gasteiger partial charge is 0.330 e. The van der Waals surface area contributed by atoms with Crippen LogP contribution in [-0.2, 0) is 10.0 Å². The molecule has 0 aromatic heterocycles.